The average Bonchev–Trinajstić information content (AvgIpc) is 2.56. The van der Waals surface area contributed by atoms with Crippen molar-refractivity contribution in [3.05, 3.63) is 77.0 Å². The maximum atomic E-state index is 13.6. The van der Waals surface area contributed by atoms with Crippen LogP contribution in [-0.2, 0) is 0 Å². The molecule has 0 unspecified atom stereocenters. The van der Waals surface area contributed by atoms with Crippen LogP contribution in [0.2, 0.25) is 0 Å². The lowest BCUT2D eigenvalue weighted by Gasteiger charge is -2.11. The summed E-state index contributed by atoms with van der Waals surface area (Å²) in [5.41, 5.74) is 1.16. The van der Waals surface area contributed by atoms with Gasteiger partial charge in [-0.05, 0) is 36.4 Å². The average molecular weight is 305 g/mol. The maximum absolute atomic E-state index is 13.6. The molecule has 4 rings (SSSR count). The van der Waals surface area contributed by atoms with Crippen molar-refractivity contribution in [2.75, 3.05) is 5.32 Å². The zero-order valence-corrected chi connectivity index (χ0v) is 12.0. The smallest absolute Gasteiger partial charge is 0.256 e. The number of benzene rings is 2. The predicted octanol–water partition coefficient (Wildman–Crippen LogP) is 3.96. The van der Waals surface area contributed by atoms with E-state index >= 15 is 0 Å². The molecular formula is C18H12FN3O. The Morgan fingerprint density at radius 2 is 1.83 bits per heavy atom. The first-order chi connectivity index (χ1) is 11.2. The van der Waals surface area contributed by atoms with Gasteiger partial charge in [0.05, 0.1) is 10.9 Å². The van der Waals surface area contributed by atoms with Gasteiger partial charge < -0.3 is 10.3 Å². The van der Waals surface area contributed by atoms with E-state index in [2.05, 4.69) is 15.3 Å². The number of anilines is 2. The van der Waals surface area contributed by atoms with Crippen LogP contribution in [-0.4, -0.2) is 9.97 Å². The molecule has 0 aliphatic rings. The number of hydrogen-bond acceptors (Lipinski definition) is 3. The summed E-state index contributed by atoms with van der Waals surface area (Å²) in [4.78, 5) is 19.5. The predicted molar refractivity (Wildman–Crippen MR) is 89.6 cm³/mol. The molecule has 2 N–H and O–H groups in total. The summed E-state index contributed by atoms with van der Waals surface area (Å²) in [5.74, 6) is 0.170. The van der Waals surface area contributed by atoms with Crippen molar-refractivity contribution in [3.63, 3.8) is 0 Å². The Labute approximate surface area is 130 Å². The van der Waals surface area contributed by atoms with Crippen molar-refractivity contribution in [2.24, 2.45) is 0 Å². The van der Waals surface area contributed by atoms with E-state index in [1.54, 1.807) is 18.3 Å². The quantitative estimate of drug-likeness (QED) is 0.551. The number of fused-ring (bicyclic) bond motifs is 3. The van der Waals surface area contributed by atoms with Gasteiger partial charge in [0.25, 0.3) is 5.56 Å². The second kappa shape index (κ2) is 5.21. The molecule has 2 heterocycles. The highest BCUT2D eigenvalue weighted by Gasteiger charge is 2.12. The third kappa shape index (κ3) is 2.32. The zero-order valence-electron chi connectivity index (χ0n) is 12.0. The molecule has 2 aromatic carbocycles. The van der Waals surface area contributed by atoms with Crippen LogP contribution < -0.4 is 10.9 Å². The summed E-state index contributed by atoms with van der Waals surface area (Å²) < 4.78 is 13.6. The van der Waals surface area contributed by atoms with Crippen LogP contribution in [0, 0.1) is 5.82 Å². The van der Waals surface area contributed by atoms with Gasteiger partial charge in [-0.1, -0.05) is 18.2 Å². The Morgan fingerprint density at radius 1 is 1.00 bits per heavy atom. The molecule has 0 amide bonds. The minimum atomic E-state index is -0.396. The third-order valence-electron chi connectivity index (χ3n) is 3.71. The van der Waals surface area contributed by atoms with Gasteiger partial charge in [-0.15, -0.1) is 0 Å². The summed E-state index contributed by atoms with van der Waals surface area (Å²) >= 11 is 0. The van der Waals surface area contributed by atoms with E-state index in [1.807, 2.05) is 30.3 Å². The van der Waals surface area contributed by atoms with Crippen molar-refractivity contribution in [2.45, 2.75) is 0 Å². The van der Waals surface area contributed by atoms with Crippen molar-refractivity contribution in [1.29, 1.82) is 0 Å². The van der Waals surface area contributed by atoms with E-state index in [0.717, 1.165) is 5.69 Å². The van der Waals surface area contributed by atoms with E-state index in [0.29, 0.717) is 27.5 Å². The number of rotatable bonds is 2. The first-order valence-electron chi connectivity index (χ1n) is 7.15. The van der Waals surface area contributed by atoms with Gasteiger partial charge in [0.2, 0.25) is 0 Å². The highest BCUT2D eigenvalue weighted by atomic mass is 19.1. The molecule has 23 heavy (non-hydrogen) atoms. The number of aromatic nitrogens is 2. The van der Waals surface area contributed by atoms with E-state index in [9.17, 15) is 9.18 Å². The highest BCUT2D eigenvalue weighted by molar-refractivity contribution is 6.09. The fourth-order valence-electron chi connectivity index (χ4n) is 2.68. The Kier molecular flexibility index (Phi) is 3.05. The Morgan fingerprint density at radius 3 is 2.65 bits per heavy atom. The van der Waals surface area contributed by atoms with Gasteiger partial charge in [0.15, 0.2) is 0 Å². The maximum Gasteiger partial charge on any atom is 0.256 e. The van der Waals surface area contributed by atoms with Gasteiger partial charge in [0.1, 0.15) is 11.6 Å². The summed E-state index contributed by atoms with van der Waals surface area (Å²) in [6, 6.07) is 15.6. The number of nitrogens with zero attached hydrogens (tertiary/aromatic N) is 1. The van der Waals surface area contributed by atoms with Gasteiger partial charge >= 0.3 is 0 Å². The van der Waals surface area contributed by atoms with E-state index < -0.39 is 5.82 Å². The standard InChI is InChI=1S/C18H12FN3O/c19-11-6-7-15-14(10-11)16-13(8-9-20-18(16)23)17(22-15)21-12-4-2-1-3-5-12/h1-10H,(H,20,23)(H,21,22). The summed E-state index contributed by atoms with van der Waals surface area (Å²) in [7, 11) is 0. The van der Waals surface area contributed by atoms with Gasteiger partial charge in [-0.25, -0.2) is 9.37 Å². The first kappa shape index (κ1) is 13.5. The van der Waals surface area contributed by atoms with Gasteiger partial charge in [0, 0.05) is 22.7 Å². The van der Waals surface area contributed by atoms with Crippen molar-refractivity contribution in [3.8, 4) is 0 Å². The fraction of sp³-hybridized carbons (Fsp3) is 0. The molecule has 0 atom stereocenters. The van der Waals surface area contributed by atoms with Crippen molar-refractivity contribution in [1.82, 2.24) is 9.97 Å². The third-order valence-corrected chi connectivity index (χ3v) is 3.71. The molecule has 4 nitrogen and oxygen atoms in total. The molecular weight excluding hydrogens is 293 g/mol. The number of hydrogen-bond donors (Lipinski definition) is 2. The van der Waals surface area contributed by atoms with Crippen molar-refractivity contribution < 1.29 is 4.39 Å². The SMILES string of the molecule is O=c1[nH]ccc2c(Nc3ccccc3)nc3ccc(F)cc3c12. The Hall–Kier alpha value is -3.21. The number of H-pyrrole nitrogens is 1. The lowest BCUT2D eigenvalue weighted by atomic mass is 10.1. The van der Waals surface area contributed by atoms with Crippen LogP contribution in [0.1, 0.15) is 0 Å². The minimum Gasteiger partial charge on any atom is -0.340 e. The van der Waals surface area contributed by atoms with Crippen LogP contribution in [0.15, 0.2) is 65.6 Å². The van der Waals surface area contributed by atoms with Crippen molar-refractivity contribution >= 4 is 33.2 Å². The number of nitrogens with one attached hydrogen (secondary N) is 2. The second-order valence-electron chi connectivity index (χ2n) is 5.21. The van der Waals surface area contributed by atoms with Crippen LogP contribution in [0.25, 0.3) is 21.7 Å². The Balaban J connectivity index is 2.05. The fourth-order valence-corrected chi connectivity index (χ4v) is 2.68. The Bertz CT molecular complexity index is 1070. The molecule has 0 fully saturated rings. The molecule has 0 aliphatic carbocycles. The molecule has 2 aromatic heterocycles. The highest BCUT2D eigenvalue weighted by Crippen LogP contribution is 2.29. The zero-order chi connectivity index (χ0) is 15.8. The van der Waals surface area contributed by atoms with Crippen LogP contribution in [0.5, 0.6) is 0 Å². The molecule has 5 heteroatoms. The molecule has 0 aliphatic heterocycles. The lowest BCUT2D eigenvalue weighted by Crippen LogP contribution is -2.07. The topological polar surface area (TPSA) is 57.8 Å². The molecule has 112 valence electrons. The molecule has 0 bridgehead atoms. The van der Waals surface area contributed by atoms with Crippen LogP contribution in [0.3, 0.4) is 0 Å². The number of halogens is 1. The minimum absolute atomic E-state index is 0.267. The number of para-hydroxylation sites is 1. The molecule has 0 radical (unpaired) electrons. The molecule has 0 saturated heterocycles. The number of pyridine rings is 2. The van der Waals surface area contributed by atoms with E-state index in [1.165, 1.54) is 12.1 Å². The normalized spacial score (nSPS) is 11.0. The van der Waals surface area contributed by atoms with E-state index in [-0.39, 0.29) is 5.56 Å². The number of aromatic amines is 1. The first-order valence-corrected chi connectivity index (χ1v) is 7.15. The van der Waals surface area contributed by atoms with Crippen LogP contribution in [0.4, 0.5) is 15.9 Å². The lowest BCUT2D eigenvalue weighted by molar-refractivity contribution is 0.629. The summed E-state index contributed by atoms with van der Waals surface area (Å²) in [5, 5.41) is 4.80. The summed E-state index contributed by atoms with van der Waals surface area (Å²) in [6.07, 6.45) is 1.56. The second-order valence-corrected chi connectivity index (χ2v) is 5.21. The monoisotopic (exact) mass is 305 g/mol. The van der Waals surface area contributed by atoms with Gasteiger partial charge in [-0.2, -0.15) is 0 Å². The van der Waals surface area contributed by atoms with E-state index in [4.69, 9.17) is 0 Å². The van der Waals surface area contributed by atoms with Gasteiger partial charge in [-0.3, -0.25) is 4.79 Å². The summed E-state index contributed by atoms with van der Waals surface area (Å²) in [6.45, 7) is 0. The molecule has 4 aromatic rings. The largest absolute Gasteiger partial charge is 0.340 e. The molecule has 0 spiro atoms. The van der Waals surface area contributed by atoms with Crippen LogP contribution >= 0.6 is 0 Å². The molecule has 0 saturated carbocycles.